The van der Waals surface area contributed by atoms with E-state index in [2.05, 4.69) is 4.74 Å². The summed E-state index contributed by atoms with van der Waals surface area (Å²) in [4.78, 5) is 10.9. The van der Waals surface area contributed by atoms with Crippen LogP contribution in [0.3, 0.4) is 0 Å². The largest absolute Gasteiger partial charge is 0.469 e. The normalized spacial score (nSPS) is 9.69. The second kappa shape index (κ2) is 4.07. The lowest BCUT2D eigenvalue weighted by atomic mass is 9.89. The van der Waals surface area contributed by atoms with E-state index in [-0.39, 0.29) is 18.2 Å². The zero-order valence-electron chi connectivity index (χ0n) is 7.63. The van der Waals surface area contributed by atoms with Gasteiger partial charge in [0.05, 0.1) is 13.5 Å². The van der Waals surface area contributed by atoms with Gasteiger partial charge in [-0.3, -0.25) is 4.79 Å². The Labute approximate surface area is 77.1 Å². The quantitative estimate of drug-likeness (QED) is 0.465. The molecule has 0 saturated heterocycles. The Hall–Kier alpha value is -1.32. The van der Waals surface area contributed by atoms with Crippen LogP contribution in [0.25, 0.3) is 0 Å². The standard InChI is InChI=1S/C9H10BFO2/c1-13-9(12)5-6-4-7(11)2-3-8(6)10/h2-4H,5,10H2,1H3. The third-order valence-corrected chi connectivity index (χ3v) is 1.87. The van der Waals surface area contributed by atoms with Crippen LogP contribution in [-0.2, 0) is 16.0 Å². The first-order valence-corrected chi connectivity index (χ1v) is 3.95. The fourth-order valence-electron chi connectivity index (χ4n) is 1.06. The molecule has 1 aromatic carbocycles. The van der Waals surface area contributed by atoms with Crippen LogP contribution < -0.4 is 5.46 Å². The Bertz CT molecular complexity index is 325. The summed E-state index contributed by atoms with van der Waals surface area (Å²) >= 11 is 0. The molecule has 1 rings (SSSR count). The van der Waals surface area contributed by atoms with Crippen molar-refractivity contribution in [3.05, 3.63) is 29.6 Å². The van der Waals surface area contributed by atoms with Crippen molar-refractivity contribution in [2.24, 2.45) is 0 Å². The van der Waals surface area contributed by atoms with Gasteiger partial charge >= 0.3 is 5.97 Å². The van der Waals surface area contributed by atoms with Crippen molar-refractivity contribution in [3.8, 4) is 0 Å². The highest BCUT2D eigenvalue weighted by molar-refractivity contribution is 6.33. The van der Waals surface area contributed by atoms with Crippen molar-refractivity contribution in [1.82, 2.24) is 0 Å². The van der Waals surface area contributed by atoms with E-state index < -0.39 is 0 Å². The maximum Gasteiger partial charge on any atom is 0.309 e. The van der Waals surface area contributed by atoms with Gasteiger partial charge in [0.2, 0.25) is 0 Å². The molecule has 0 unspecified atom stereocenters. The van der Waals surface area contributed by atoms with E-state index in [0.717, 1.165) is 5.46 Å². The summed E-state index contributed by atoms with van der Waals surface area (Å²) in [5.74, 6) is -0.682. The molecule has 13 heavy (non-hydrogen) atoms. The number of rotatable bonds is 2. The van der Waals surface area contributed by atoms with E-state index in [1.807, 2.05) is 7.85 Å². The van der Waals surface area contributed by atoms with Crippen LogP contribution in [-0.4, -0.2) is 20.9 Å². The third kappa shape index (κ3) is 2.58. The fourth-order valence-corrected chi connectivity index (χ4v) is 1.06. The molecule has 1 aromatic rings. The van der Waals surface area contributed by atoms with Gasteiger partial charge in [-0.15, -0.1) is 0 Å². The minimum absolute atomic E-state index is 0.125. The van der Waals surface area contributed by atoms with Gasteiger partial charge in [0.1, 0.15) is 13.7 Å². The van der Waals surface area contributed by atoms with Crippen molar-refractivity contribution in [2.75, 3.05) is 7.11 Å². The topological polar surface area (TPSA) is 26.3 Å². The molecule has 68 valence electrons. The minimum atomic E-state index is -0.353. The summed E-state index contributed by atoms with van der Waals surface area (Å²) in [7, 11) is 3.15. The predicted molar refractivity (Wildman–Crippen MR) is 50.3 cm³/mol. The molecule has 0 atom stereocenters. The second-order valence-electron chi connectivity index (χ2n) is 2.82. The van der Waals surface area contributed by atoms with E-state index in [9.17, 15) is 9.18 Å². The van der Waals surface area contributed by atoms with Gasteiger partial charge < -0.3 is 4.74 Å². The monoisotopic (exact) mass is 180 g/mol. The zero-order chi connectivity index (χ0) is 9.84. The van der Waals surface area contributed by atoms with Crippen LogP contribution in [0.15, 0.2) is 18.2 Å². The molecular weight excluding hydrogens is 170 g/mol. The number of ether oxygens (including phenoxy) is 1. The fraction of sp³-hybridized carbons (Fsp3) is 0.222. The summed E-state index contributed by atoms with van der Waals surface area (Å²) in [6, 6.07) is 4.37. The first-order chi connectivity index (χ1) is 6.13. The van der Waals surface area contributed by atoms with Crippen molar-refractivity contribution in [1.29, 1.82) is 0 Å². The molecular formula is C9H10BFO2. The van der Waals surface area contributed by atoms with Crippen LogP contribution in [0.1, 0.15) is 5.56 Å². The minimum Gasteiger partial charge on any atom is -0.469 e. The van der Waals surface area contributed by atoms with E-state index in [0.29, 0.717) is 5.56 Å². The molecule has 0 fully saturated rings. The van der Waals surface area contributed by atoms with Crippen LogP contribution in [0, 0.1) is 5.82 Å². The Balaban J connectivity index is 2.87. The van der Waals surface area contributed by atoms with Gasteiger partial charge in [-0.25, -0.2) is 4.39 Å². The molecule has 2 nitrogen and oxygen atoms in total. The molecule has 0 heterocycles. The maximum absolute atomic E-state index is 12.7. The highest BCUT2D eigenvalue weighted by atomic mass is 19.1. The van der Waals surface area contributed by atoms with Crippen molar-refractivity contribution >= 4 is 19.3 Å². The molecule has 0 amide bonds. The Morgan fingerprint density at radius 3 is 2.92 bits per heavy atom. The van der Waals surface area contributed by atoms with Crippen LogP contribution in [0.5, 0.6) is 0 Å². The highest BCUT2D eigenvalue weighted by Crippen LogP contribution is 2.01. The Morgan fingerprint density at radius 2 is 2.31 bits per heavy atom. The number of benzene rings is 1. The van der Waals surface area contributed by atoms with Gasteiger partial charge in [0.25, 0.3) is 0 Å². The molecule has 0 spiro atoms. The van der Waals surface area contributed by atoms with Crippen molar-refractivity contribution in [3.63, 3.8) is 0 Å². The third-order valence-electron chi connectivity index (χ3n) is 1.87. The number of hydrogen-bond acceptors (Lipinski definition) is 2. The molecule has 0 saturated carbocycles. The van der Waals surface area contributed by atoms with E-state index in [1.165, 1.54) is 19.2 Å². The summed E-state index contributed by atoms with van der Waals surface area (Å²) in [5, 5.41) is 0. The van der Waals surface area contributed by atoms with Crippen LogP contribution in [0.2, 0.25) is 0 Å². The lowest BCUT2D eigenvalue weighted by molar-refractivity contribution is -0.139. The second-order valence-corrected chi connectivity index (χ2v) is 2.82. The lowest BCUT2D eigenvalue weighted by Gasteiger charge is -2.03. The summed E-state index contributed by atoms with van der Waals surface area (Å²) in [6.45, 7) is 0. The molecule has 0 aliphatic rings. The van der Waals surface area contributed by atoms with Gasteiger partial charge in [0.15, 0.2) is 0 Å². The smallest absolute Gasteiger partial charge is 0.309 e. The summed E-state index contributed by atoms with van der Waals surface area (Å²) < 4.78 is 17.2. The van der Waals surface area contributed by atoms with Gasteiger partial charge in [-0.1, -0.05) is 11.5 Å². The van der Waals surface area contributed by atoms with Gasteiger partial charge in [0, 0.05) is 0 Å². The number of esters is 1. The van der Waals surface area contributed by atoms with Crippen LogP contribution >= 0.6 is 0 Å². The average Bonchev–Trinajstić information content (AvgIpc) is 2.11. The van der Waals surface area contributed by atoms with E-state index in [1.54, 1.807) is 6.07 Å². The van der Waals surface area contributed by atoms with E-state index in [4.69, 9.17) is 0 Å². The Kier molecular flexibility index (Phi) is 3.06. The van der Waals surface area contributed by atoms with E-state index >= 15 is 0 Å². The lowest BCUT2D eigenvalue weighted by Crippen LogP contribution is -2.15. The molecule has 0 N–H and O–H groups in total. The maximum atomic E-state index is 12.7. The predicted octanol–water partition coefficient (Wildman–Crippen LogP) is -0.200. The Morgan fingerprint density at radius 1 is 1.62 bits per heavy atom. The number of carbonyl (C=O) groups excluding carboxylic acids is 1. The first-order valence-electron chi connectivity index (χ1n) is 3.95. The molecule has 0 bridgehead atoms. The first kappa shape index (κ1) is 9.77. The summed E-state index contributed by atoms with van der Waals surface area (Å²) in [6.07, 6.45) is 0.125. The summed E-state index contributed by atoms with van der Waals surface area (Å²) in [5.41, 5.74) is 1.57. The number of halogens is 1. The van der Waals surface area contributed by atoms with Crippen molar-refractivity contribution < 1.29 is 13.9 Å². The van der Waals surface area contributed by atoms with Crippen LogP contribution in [0.4, 0.5) is 4.39 Å². The number of hydrogen-bond donors (Lipinski definition) is 0. The molecule has 0 aromatic heterocycles. The van der Waals surface area contributed by atoms with Gasteiger partial charge in [-0.05, 0) is 17.7 Å². The highest BCUT2D eigenvalue weighted by Gasteiger charge is 2.06. The number of methoxy groups -OCH3 is 1. The van der Waals surface area contributed by atoms with Gasteiger partial charge in [-0.2, -0.15) is 0 Å². The average molecular weight is 180 g/mol. The zero-order valence-corrected chi connectivity index (χ0v) is 7.63. The molecule has 0 aliphatic heterocycles. The molecule has 0 radical (unpaired) electrons. The van der Waals surface area contributed by atoms with Crippen molar-refractivity contribution in [2.45, 2.75) is 6.42 Å². The SMILES string of the molecule is Bc1ccc(F)cc1CC(=O)OC. The number of carbonyl (C=O) groups is 1. The molecule has 0 aliphatic carbocycles. The molecule has 4 heteroatoms.